The molecule has 0 saturated heterocycles. The lowest BCUT2D eigenvalue weighted by Crippen LogP contribution is -2.16. The number of nitrogens with one attached hydrogen (secondary N) is 1. The third-order valence-electron chi connectivity index (χ3n) is 4.08. The average Bonchev–Trinajstić information content (AvgIpc) is 2.66. The second-order valence-electron chi connectivity index (χ2n) is 6.08. The summed E-state index contributed by atoms with van der Waals surface area (Å²) < 4.78 is 32.2. The first-order valence-electron chi connectivity index (χ1n) is 8.61. The maximum Gasteiger partial charge on any atom is 0.129 e. The van der Waals surface area contributed by atoms with Crippen molar-refractivity contribution in [3.8, 4) is 5.75 Å². The number of ether oxygens (including phenoxy) is 1. The molecule has 0 amide bonds. The molecular weight excluding hydrogens is 332 g/mol. The van der Waals surface area contributed by atoms with Crippen molar-refractivity contribution in [1.82, 2.24) is 5.32 Å². The van der Waals surface area contributed by atoms with Crippen LogP contribution in [0.25, 0.3) is 0 Å². The fourth-order valence-corrected chi connectivity index (χ4v) is 2.64. The Balaban J connectivity index is 1.46. The molecular formula is C22H21F2NO. The van der Waals surface area contributed by atoms with Gasteiger partial charge in [-0.3, -0.25) is 0 Å². The Morgan fingerprint density at radius 3 is 2.42 bits per heavy atom. The van der Waals surface area contributed by atoms with E-state index in [1.807, 2.05) is 24.3 Å². The summed E-state index contributed by atoms with van der Waals surface area (Å²) in [5.74, 6) is 0.242. The van der Waals surface area contributed by atoms with Crippen molar-refractivity contribution in [1.29, 1.82) is 0 Å². The van der Waals surface area contributed by atoms with Crippen molar-refractivity contribution in [3.63, 3.8) is 0 Å². The van der Waals surface area contributed by atoms with Crippen molar-refractivity contribution in [2.75, 3.05) is 6.54 Å². The van der Waals surface area contributed by atoms with Crippen LogP contribution < -0.4 is 10.1 Å². The van der Waals surface area contributed by atoms with Gasteiger partial charge in [-0.05, 0) is 54.4 Å². The van der Waals surface area contributed by atoms with E-state index in [0.717, 1.165) is 24.1 Å². The number of rotatable bonds is 8. The maximum atomic E-state index is 13.6. The molecule has 134 valence electrons. The lowest BCUT2D eigenvalue weighted by molar-refractivity contribution is 0.299. The first-order valence-corrected chi connectivity index (χ1v) is 8.61. The van der Waals surface area contributed by atoms with Crippen LogP contribution in [0.1, 0.15) is 16.7 Å². The molecule has 0 heterocycles. The molecule has 0 atom stereocenters. The molecule has 0 saturated carbocycles. The summed E-state index contributed by atoms with van der Waals surface area (Å²) in [4.78, 5) is 0. The summed E-state index contributed by atoms with van der Waals surface area (Å²) in [7, 11) is 0. The van der Waals surface area contributed by atoms with Gasteiger partial charge in [0, 0.05) is 12.1 Å². The van der Waals surface area contributed by atoms with Crippen LogP contribution in [0.4, 0.5) is 8.78 Å². The Bertz CT molecular complexity index is 834. The molecule has 0 spiro atoms. The zero-order valence-corrected chi connectivity index (χ0v) is 14.4. The third-order valence-corrected chi connectivity index (χ3v) is 4.08. The van der Waals surface area contributed by atoms with Crippen LogP contribution in [0.3, 0.4) is 0 Å². The monoisotopic (exact) mass is 353 g/mol. The molecule has 0 unspecified atom stereocenters. The number of benzene rings is 3. The van der Waals surface area contributed by atoms with Gasteiger partial charge in [0.1, 0.15) is 24.0 Å². The average molecular weight is 353 g/mol. The summed E-state index contributed by atoms with van der Waals surface area (Å²) >= 11 is 0. The summed E-state index contributed by atoms with van der Waals surface area (Å²) in [6.07, 6.45) is 0.837. The summed E-state index contributed by atoms with van der Waals surface area (Å²) in [6.45, 7) is 1.71. The van der Waals surface area contributed by atoms with Gasteiger partial charge in [0.15, 0.2) is 0 Å². The fourth-order valence-electron chi connectivity index (χ4n) is 2.64. The van der Waals surface area contributed by atoms with E-state index in [1.165, 1.54) is 18.2 Å². The standard InChI is InChI=1S/C22H21F2NO/c23-20-10-8-17(9-11-20)12-13-25-15-18-4-3-6-21(14-18)26-16-19-5-1-2-7-22(19)24/h1-11,14,25H,12-13,15-16H2. The van der Waals surface area contributed by atoms with Gasteiger partial charge in [0.05, 0.1) is 0 Å². The molecule has 2 nitrogen and oxygen atoms in total. The lowest BCUT2D eigenvalue weighted by atomic mass is 10.1. The summed E-state index contributed by atoms with van der Waals surface area (Å²) in [5.41, 5.74) is 2.73. The van der Waals surface area contributed by atoms with E-state index in [0.29, 0.717) is 17.9 Å². The number of hydrogen-bond acceptors (Lipinski definition) is 2. The van der Waals surface area contributed by atoms with E-state index >= 15 is 0 Å². The van der Waals surface area contributed by atoms with Gasteiger partial charge >= 0.3 is 0 Å². The number of hydrogen-bond donors (Lipinski definition) is 1. The van der Waals surface area contributed by atoms with E-state index in [1.54, 1.807) is 30.3 Å². The number of halogens is 2. The highest BCUT2D eigenvalue weighted by atomic mass is 19.1. The highest BCUT2D eigenvalue weighted by Gasteiger charge is 2.03. The normalized spacial score (nSPS) is 10.7. The molecule has 0 aromatic heterocycles. The van der Waals surface area contributed by atoms with E-state index in [4.69, 9.17) is 4.74 Å². The smallest absolute Gasteiger partial charge is 0.129 e. The summed E-state index contributed by atoms with van der Waals surface area (Å²) in [5, 5.41) is 3.37. The predicted molar refractivity (Wildman–Crippen MR) is 99.0 cm³/mol. The predicted octanol–water partition coefficient (Wildman–Crippen LogP) is 4.88. The van der Waals surface area contributed by atoms with Crippen LogP contribution in [0, 0.1) is 11.6 Å². The third kappa shape index (κ3) is 5.39. The minimum absolute atomic E-state index is 0.203. The van der Waals surface area contributed by atoms with Crippen LogP contribution in [0.15, 0.2) is 72.8 Å². The Morgan fingerprint density at radius 2 is 1.62 bits per heavy atom. The largest absolute Gasteiger partial charge is 0.489 e. The van der Waals surface area contributed by atoms with Gasteiger partial charge in [0.2, 0.25) is 0 Å². The van der Waals surface area contributed by atoms with Gasteiger partial charge in [0.25, 0.3) is 0 Å². The van der Waals surface area contributed by atoms with Crippen LogP contribution >= 0.6 is 0 Å². The molecule has 0 aliphatic rings. The first kappa shape index (κ1) is 18.1. The van der Waals surface area contributed by atoms with Gasteiger partial charge in [-0.15, -0.1) is 0 Å². The van der Waals surface area contributed by atoms with Crippen molar-refractivity contribution in [3.05, 3.63) is 101 Å². The zero-order valence-electron chi connectivity index (χ0n) is 14.4. The highest BCUT2D eigenvalue weighted by Crippen LogP contribution is 2.16. The molecule has 0 radical (unpaired) electrons. The first-order chi connectivity index (χ1) is 12.7. The van der Waals surface area contributed by atoms with Gasteiger partial charge in [-0.25, -0.2) is 8.78 Å². The molecule has 4 heteroatoms. The Morgan fingerprint density at radius 1 is 0.808 bits per heavy atom. The van der Waals surface area contributed by atoms with Gasteiger partial charge < -0.3 is 10.1 Å². The molecule has 0 aliphatic heterocycles. The molecule has 3 rings (SSSR count). The maximum absolute atomic E-state index is 13.6. The van der Waals surface area contributed by atoms with Crippen LogP contribution in [0.2, 0.25) is 0 Å². The van der Waals surface area contributed by atoms with Crippen LogP contribution in [-0.2, 0) is 19.6 Å². The molecule has 0 fully saturated rings. The molecule has 3 aromatic rings. The van der Waals surface area contributed by atoms with Crippen LogP contribution in [-0.4, -0.2) is 6.54 Å². The summed E-state index contributed by atoms with van der Waals surface area (Å²) in [6, 6.07) is 20.9. The molecule has 0 aliphatic carbocycles. The van der Waals surface area contributed by atoms with E-state index in [9.17, 15) is 8.78 Å². The lowest BCUT2D eigenvalue weighted by Gasteiger charge is -2.10. The zero-order chi connectivity index (χ0) is 18.2. The minimum Gasteiger partial charge on any atom is -0.489 e. The van der Waals surface area contributed by atoms with E-state index < -0.39 is 0 Å². The van der Waals surface area contributed by atoms with Crippen LogP contribution in [0.5, 0.6) is 5.75 Å². The topological polar surface area (TPSA) is 21.3 Å². The van der Waals surface area contributed by atoms with Crippen molar-refractivity contribution in [2.45, 2.75) is 19.6 Å². The quantitative estimate of drug-likeness (QED) is 0.583. The molecule has 26 heavy (non-hydrogen) atoms. The van der Waals surface area contributed by atoms with E-state index in [-0.39, 0.29) is 18.2 Å². The van der Waals surface area contributed by atoms with E-state index in [2.05, 4.69) is 5.32 Å². The van der Waals surface area contributed by atoms with Gasteiger partial charge in [-0.1, -0.05) is 42.5 Å². The molecule has 3 aromatic carbocycles. The highest BCUT2D eigenvalue weighted by molar-refractivity contribution is 5.29. The van der Waals surface area contributed by atoms with Crippen molar-refractivity contribution >= 4 is 0 Å². The Hall–Kier alpha value is -2.72. The minimum atomic E-state index is -0.258. The van der Waals surface area contributed by atoms with Crippen molar-refractivity contribution in [2.24, 2.45) is 0 Å². The SMILES string of the molecule is Fc1ccc(CCNCc2cccc(OCc3ccccc3F)c2)cc1. The molecule has 0 bridgehead atoms. The second-order valence-corrected chi connectivity index (χ2v) is 6.08. The van der Waals surface area contributed by atoms with Crippen molar-refractivity contribution < 1.29 is 13.5 Å². The Kier molecular flexibility index (Phi) is 6.34. The fraction of sp³-hybridized carbons (Fsp3) is 0.182. The van der Waals surface area contributed by atoms with Gasteiger partial charge in [-0.2, -0.15) is 0 Å². The second kappa shape index (κ2) is 9.11. The molecule has 1 N–H and O–H groups in total. The Labute approximate surface area is 152 Å².